The molecule has 21 heavy (non-hydrogen) atoms. The van der Waals surface area contributed by atoms with E-state index >= 15 is 0 Å². The van der Waals surface area contributed by atoms with Gasteiger partial charge >= 0.3 is 6.03 Å². The second kappa shape index (κ2) is 6.79. The van der Waals surface area contributed by atoms with Crippen molar-refractivity contribution in [3.05, 3.63) is 6.42 Å². The van der Waals surface area contributed by atoms with Crippen molar-refractivity contribution in [2.75, 3.05) is 13.1 Å². The van der Waals surface area contributed by atoms with Crippen molar-refractivity contribution in [2.24, 2.45) is 11.7 Å². The fraction of sp³-hybridized carbons (Fsp3) is 0.733. The predicted octanol–water partition coefficient (Wildman–Crippen LogP) is 1.32. The van der Waals surface area contributed by atoms with Gasteiger partial charge in [0.1, 0.15) is 5.54 Å². The summed E-state index contributed by atoms with van der Waals surface area (Å²) in [4.78, 5) is 24.6. The van der Waals surface area contributed by atoms with Gasteiger partial charge in [-0.15, -0.1) is 0 Å². The van der Waals surface area contributed by atoms with E-state index in [0.717, 1.165) is 6.42 Å². The summed E-state index contributed by atoms with van der Waals surface area (Å²) in [7, 11) is 0. The summed E-state index contributed by atoms with van der Waals surface area (Å²) in [6.45, 7) is 0.577. The van der Waals surface area contributed by atoms with Crippen LogP contribution < -0.4 is 11.1 Å². The Morgan fingerprint density at radius 3 is 2.67 bits per heavy atom. The lowest BCUT2D eigenvalue weighted by molar-refractivity contribution is -0.119. The summed E-state index contributed by atoms with van der Waals surface area (Å²) >= 11 is 0. The lowest BCUT2D eigenvalue weighted by atomic mass is 9.86. The number of nitrogens with one attached hydrogen (secondary N) is 1. The van der Waals surface area contributed by atoms with Crippen molar-refractivity contribution in [1.29, 1.82) is 5.26 Å². The lowest BCUT2D eigenvalue weighted by Gasteiger charge is -2.24. The normalized spacial score (nSPS) is 26.3. The van der Waals surface area contributed by atoms with Gasteiger partial charge in [0.25, 0.3) is 0 Å². The molecule has 3 N–H and O–H groups in total. The van der Waals surface area contributed by atoms with E-state index in [0.29, 0.717) is 18.9 Å². The number of urea groups is 1. The maximum Gasteiger partial charge on any atom is 0.314 e. The summed E-state index contributed by atoms with van der Waals surface area (Å²) in [5.41, 5.74) is 4.23. The maximum absolute atomic E-state index is 12.0. The third kappa shape index (κ3) is 4.10. The second-order valence-electron chi connectivity index (χ2n) is 6.14. The van der Waals surface area contributed by atoms with Gasteiger partial charge in [-0.05, 0) is 12.3 Å². The van der Waals surface area contributed by atoms with Gasteiger partial charge < -0.3 is 16.0 Å². The number of nitrogens with two attached hydrogens (primary N) is 1. The van der Waals surface area contributed by atoms with Crippen LogP contribution in [0.15, 0.2) is 0 Å². The first-order valence-corrected chi connectivity index (χ1v) is 7.66. The summed E-state index contributed by atoms with van der Waals surface area (Å²) in [5.74, 6) is 0.377. The molecule has 0 spiro atoms. The summed E-state index contributed by atoms with van der Waals surface area (Å²) in [6.07, 6.45) is 9.00. The van der Waals surface area contributed by atoms with E-state index in [1.54, 1.807) is 6.42 Å². The van der Waals surface area contributed by atoms with Crippen LogP contribution in [0.25, 0.3) is 0 Å². The minimum absolute atomic E-state index is 0.168. The fourth-order valence-electron chi connectivity index (χ4n) is 3.20. The van der Waals surface area contributed by atoms with Crippen molar-refractivity contribution in [2.45, 2.75) is 50.5 Å². The SMILES string of the molecule is N#CC1(NC(=O)[CH]CC2CCCCC2)CCN(C(N)=O)C1. The lowest BCUT2D eigenvalue weighted by Crippen LogP contribution is -2.50. The molecule has 2 aliphatic rings. The maximum atomic E-state index is 12.0. The molecule has 0 aromatic rings. The number of amides is 3. The van der Waals surface area contributed by atoms with Crippen LogP contribution in [0, 0.1) is 23.7 Å². The average Bonchev–Trinajstić information content (AvgIpc) is 2.91. The highest BCUT2D eigenvalue weighted by molar-refractivity contribution is 5.86. The van der Waals surface area contributed by atoms with Crippen LogP contribution in [-0.4, -0.2) is 35.5 Å². The average molecular weight is 291 g/mol. The molecule has 1 radical (unpaired) electrons. The highest BCUT2D eigenvalue weighted by atomic mass is 16.2. The molecule has 1 atom stereocenters. The third-order valence-corrected chi connectivity index (χ3v) is 4.52. The van der Waals surface area contributed by atoms with E-state index in [1.165, 1.54) is 37.0 Å². The van der Waals surface area contributed by atoms with E-state index in [2.05, 4.69) is 11.4 Å². The number of primary amides is 1. The molecule has 0 bridgehead atoms. The van der Waals surface area contributed by atoms with E-state index in [9.17, 15) is 14.9 Å². The number of carbonyl (C=O) groups excluding carboxylic acids is 2. The largest absolute Gasteiger partial charge is 0.351 e. The van der Waals surface area contributed by atoms with E-state index in [4.69, 9.17) is 5.73 Å². The van der Waals surface area contributed by atoms with Crippen LogP contribution in [0.1, 0.15) is 44.9 Å². The smallest absolute Gasteiger partial charge is 0.314 e. The molecule has 0 aromatic carbocycles. The molecular formula is C15H23N4O2. The molecular weight excluding hydrogens is 268 g/mol. The quantitative estimate of drug-likeness (QED) is 0.817. The molecule has 6 heteroatoms. The standard InChI is InChI=1S/C15H23N4O2/c16-10-15(8-9-19(11-15)14(17)21)18-13(20)7-6-12-4-2-1-3-5-12/h7,12H,1-6,8-9,11H2,(H2,17,21)(H,18,20). The topological polar surface area (TPSA) is 99.2 Å². The number of hydrogen-bond acceptors (Lipinski definition) is 3. The number of carbonyl (C=O) groups is 2. The number of nitriles is 1. The predicted molar refractivity (Wildman–Crippen MR) is 77.8 cm³/mol. The van der Waals surface area contributed by atoms with Crippen molar-refractivity contribution < 1.29 is 9.59 Å². The van der Waals surface area contributed by atoms with Crippen molar-refractivity contribution in [3.63, 3.8) is 0 Å². The summed E-state index contributed by atoms with van der Waals surface area (Å²) in [6, 6.07) is 1.58. The number of nitrogens with zero attached hydrogens (tertiary/aromatic N) is 2. The summed E-state index contributed by atoms with van der Waals surface area (Å²) < 4.78 is 0. The van der Waals surface area contributed by atoms with Gasteiger partial charge in [-0.2, -0.15) is 5.26 Å². The van der Waals surface area contributed by atoms with Gasteiger partial charge in [0.2, 0.25) is 5.91 Å². The third-order valence-electron chi connectivity index (χ3n) is 4.52. The molecule has 1 heterocycles. The van der Waals surface area contributed by atoms with E-state index < -0.39 is 11.6 Å². The zero-order valence-electron chi connectivity index (χ0n) is 12.3. The monoisotopic (exact) mass is 291 g/mol. The van der Waals surface area contributed by atoms with E-state index in [-0.39, 0.29) is 12.5 Å². The molecule has 1 aliphatic heterocycles. The minimum atomic E-state index is -0.991. The van der Waals surface area contributed by atoms with E-state index in [1.807, 2.05) is 0 Å². The Hall–Kier alpha value is -1.77. The van der Waals surface area contributed by atoms with Gasteiger partial charge in [0, 0.05) is 19.4 Å². The zero-order chi connectivity index (χ0) is 15.3. The first-order chi connectivity index (χ1) is 10.0. The molecule has 115 valence electrons. The molecule has 6 nitrogen and oxygen atoms in total. The summed E-state index contributed by atoms with van der Waals surface area (Å²) in [5, 5.41) is 12.1. The second-order valence-corrected chi connectivity index (χ2v) is 6.14. The van der Waals surface area contributed by atoms with Crippen molar-refractivity contribution >= 4 is 11.9 Å². The molecule has 2 fully saturated rings. The van der Waals surface area contributed by atoms with Gasteiger partial charge in [-0.3, -0.25) is 4.79 Å². The van der Waals surface area contributed by atoms with Crippen molar-refractivity contribution in [3.8, 4) is 6.07 Å². The molecule has 3 amide bonds. The first-order valence-electron chi connectivity index (χ1n) is 7.66. The van der Waals surface area contributed by atoms with Crippen LogP contribution in [-0.2, 0) is 4.79 Å². The van der Waals surface area contributed by atoms with Gasteiger partial charge in [-0.25, -0.2) is 4.79 Å². The number of likely N-dealkylation sites (tertiary alicyclic amines) is 1. The van der Waals surface area contributed by atoms with Crippen LogP contribution in [0.4, 0.5) is 4.79 Å². The highest BCUT2D eigenvalue weighted by Crippen LogP contribution is 2.27. The molecule has 1 saturated heterocycles. The Morgan fingerprint density at radius 1 is 1.38 bits per heavy atom. The Kier molecular flexibility index (Phi) is 5.05. The molecule has 2 rings (SSSR count). The van der Waals surface area contributed by atoms with Gasteiger partial charge in [0.05, 0.1) is 12.6 Å². The Bertz CT molecular complexity index is 439. The molecule has 1 aliphatic carbocycles. The minimum Gasteiger partial charge on any atom is -0.351 e. The van der Waals surface area contributed by atoms with Crippen LogP contribution in [0.5, 0.6) is 0 Å². The van der Waals surface area contributed by atoms with Gasteiger partial charge in [-0.1, -0.05) is 32.1 Å². The Balaban J connectivity index is 1.80. The highest BCUT2D eigenvalue weighted by Gasteiger charge is 2.41. The number of hydrogen-bond donors (Lipinski definition) is 2. The first kappa shape index (κ1) is 15.6. The molecule has 1 unspecified atom stereocenters. The van der Waals surface area contributed by atoms with Crippen LogP contribution in [0.3, 0.4) is 0 Å². The Morgan fingerprint density at radius 2 is 2.10 bits per heavy atom. The van der Waals surface area contributed by atoms with Crippen molar-refractivity contribution in [1.82, 2.24) is 10.2 Å². The Labute approximate surface area is 125 Å². The zero-order valence-corrected chi connectivity index (χ0v) is 12.3. The fourth-order valence-corrected chi connectivity index (χ4v) is 3.20. The molecule has 0 aromatic heterocycles. The van der Waals surface area contributed by atoms with Gasteiger partial charge in [0.15, 0.2) is 0 Å². The molecule has 1 saturated carbocycles. The van der Waals surface area contributed by atoms with Crippen LogP contribution >= 0.6 is 0 Å². The number of rotatable bonds is 4. The van der Waals surface area contributed by atoms with Crippen LogP contribution in [0.2, 0.25) is 0 Å².